The predicted molar refractivity (Wildman–Crippen MR) is 58.2 cm³/mol. The highest BCUT2D eigenvalue weighted by atomic mass is 16.3. The van der Waals surface area contributed by atoms with Gasteiger partial charge in [-0.25, -0.2) is 0 Å². The van der Waals surface area contributed by atoms with Gasteiger partial charge < -0.3 is 10.4 Å². The van der Waals surface area contributed by atoms with E-state index in [-0.39, 0.29) is 12.6 Å². The number of hydrogen-bond donors (Lipinski definition) is 2. The summed E-state index contributed by atoms with van der Waals surface area (Å²) in [6.07, 6.45) is 8.47. The van der Waals surface area contributed by atoms with Crippen molar-refractivity contribution >= 4 is 0 Å². The van der Waals surface area contributed by atoms with Gasteiger partial charge >= 0.3 is 0 Å². The molecule has 0 radical (unpaired) electrons. The average molecular weight is 197 g/mol. The Bertz CT molecular complexity index is 179. The first-order valence-electron chi connectivity index (χ1n) is 6.16. The fourth-order valence-electron chi connectivity index (χ4n) is 2.83. The molecule has 2 nitrogen and oxygen atoms in total. The van der Waals surface area contributed by atoms with Crippen molar-refractivity contribution < 1.29 is 5.11 Å². The minimum absolute atomic E-state index is 0.268. The summed E-state index contributed by atoms with van der Waals surface area (Å²) in [4.78, 5) is 0. The third-order valence-electron chi connectivity index (χ3n) is 3.80. The molecule has 0 heterocycles. The average Bonchev–Trinajstić information content (AvgIpc) is 3.01. The summed E-state index contributed by atoms with van der Waals surface area (Å²) >= 11 is 0. The van der Waals surface area contributed by atoms with Gasteiger partial charge in [-0.1, -0.05) is 12.8 Å². The maximum absolute atomic E-state index is 8.99. The zero-order chi connectivity index (χ0) is 9.97. The van der Waals surface area contributed by atoms with Gasteiger partial charge in [0.1, 0.15) is 0 Å². The van der Waals surface area contributed by atoms with E-state index < -0.39 is 0 Å². The lowest BCUT2D eigenvalue weighted by molar-refractivity contribution is 0.204. The van der Waals surface area contributed by atoms with E-state index in [4.69, 9.17) is 5.11 Å². The largest absolute Gasteiger partial charge is 0.395 e. The molecule has 0 amide bonds. The Labute approximate surface area is 87.1 Å². The Morgan fingerprint density at radius 3 is 2.64 bits per heavy atom. The van der Waals surface area contributed by atoms with Crippen LogP contribution in [0.1, 0.15) is 45.4 Å². The molecule has 3 unspecified atom stereocenters. The van der Waals surface area contributed by atoms with Crippen LogP contribution in [-0.2, 0) is 0 Å². The molecule has 2 saturated carbocycles. The fourth-order valence-corrected chi connectivity index (χ4v) is 2.83. The number of aliphatic hydroxyl groups excluding tert-OH is 1. The highest BCUT2D eigenvalue weighted by Gasteiger charge is 2.34. The van der Waals surface area contributed by atoms with Crippen LogP contribution >= 0.6 is 0 Å². The third kappa shape index (κ3) is 2.71. The molecule has 0 aliphatic heterocycles. The van der Waals surface area contributed by atoms with Crippen LogP contribution in [0.2, 0.25) is 0 Å². The zero-order valence-corrected chi connectivity index (χ0v) is 9.21. The lowest BCUT2D eigenvalue weighted by Crippen LogP contribution is -2.41. The van der Waals surface area contributed by atoms with Crippen molar-refractivity contribution in [1.82, 2.24) is 5.32 Å². The van der Waals surface area contributed by atoms with E-state index in [1.807, 2.05) is 0 Å². The molecular formula is C12H23NO. The number of nitrogens with one attached hydrogen (secondary N) is 1. The van der Waals surface area contributed by atoms with Gasteiger partial charge in [-0.3, -0.25) is 0 Å². The normalized spacial score (nSPS) is 35.6. The van der Waals surface area contributed by atoms with Gasteiger partial charge in [-0.15, -0.1) is 0 Å². The minimum Gasteiger partial charge on any atom is -0.395 e. The van der Waals surface area contributed by atoms with Crippen molar-refractivity contribution in [3.63, 3.8) is 0 Å². The molecule has 2 fully saturated rings. The van der Waals surface area contributed by atoms with Crippen molar-refractivity contribution in [3.8, 4) is 0 Å². The van der Waals surface area contributed by atoms with Gasteiger partial charge in [0, 0.05) is 12.1 Å². The lowest BCUT2D eigenvalue weighted by atomic mass is 9.82. The van der Waals surface area contributed by atoms with Crippen LogP contribution < -0.4 is 5.32 Å². The van der Waals surface area contributed by atoms with Crippen LogP contribution in [-0.4, -0.2) is 23.8 Å². The van der Waals surface area contributed by atoms with Crippen molar-refractivity contribution in [2.24, 2.45) is 11.8 Å². The summed E-state index contributed by atoms with van der Waals surface area (Å²) in [6, 6.07) is 0.953. The van der Waals surface area contributed by atoms with Gasteiger partial charge in [0.25, 0.3) is 0 Å². The Kier molecular flexibility index (Phi) is 3.45. The number of rotatable bonds is 4. The van der Waals surface area contributed by atoms with Crippen molar-refractivity contribution in [2.45, 2.75) is 57.5 Å². The fraction of sp³-hybridized carbons (Fsp3) is 1.00. The summed E-state index contributed by atoms with van der Waals surface area (Å²) in [5, 5.41) is 12.5. The molecule has 3 atom stereocenters. The second-order valence-electron chi connectivity index (χ2n) is 5.21. The Morgan fingerprint density at radius 1 is 1.21 bits per heavy atom. The zero-order valence-electron chi connectivity index (χ0n) is 9.21. The first-order valence-corrected chi connectivity index (χ1v) is 6.16. The predicted octanol–water partition coefficient (Wildman–Crippen LogP) is 1.93. The quantitative estimate of drug-likeness (QED) is 0.721. The summed E-state index contributed by atoms with van der Waals surface area (Å²) in [5.41, 5.74) is 0. The van der Waals surface area contributed by atoms with E-state index in [0.29, 0.717) is 6.04 Å². The van der Waals surface area contributed by atoms with E-state index in [1.54, 1.807) is 0 Å². The van der Waals surface area contributed by atoms with Crippen LogP contribution in [0.25, 0.3) is 0 Å². The van der Waals surface area contributed by atoms with Gasteiger partial charge in [-0.05, 0) is 44.4 Å². The molecule has 0 bridgehead atoms. The summed E-state index contributed by atoms with van der Waals surface area (Å²) < 4.78 is 0. The van der Waals surface area contributed by atoms with Crippen molar-refractivity contribution in [2.75, 3.05) is 6.61 Å². The van der Waals surface area contributed by atoms with Gasteiger partial charge in [0.05, 0.1) is 6.61 Å². The lowest BCUT2D eigenvalue weighted by Gasteiger charge is -2.31. The van der Waals surface area contributed by atoms with E-state index >= 15 is 0 Å². The summed E-state index contributed by atoms with van der Waals surface area (Å²) in [7, 11) is 0. The first kappa shape index (κ1) is 10.4. The highest BCUT2D eigenvalue weighted by Crippen LogP contribution is 2.43. The molecule has 82 valence electrons. The van der Waals surface area contributed by atoms with E-state index in [0.717, 1.165) is 11.8 Å². The molecule has 0 aromatic heterocycles. The molecule has 2 rings (SSSR count). The van der Waals surface area contributed by atoms with E-state index in [2.05, 4.69) is 12.2 Å². The van der Waals surface area contributed by atoms with Crippen molar-refractivity contribution in [1.29, 1.82) is 0 Å². The van der Waals surface area contributed by atoms with Crippen LogP contribution in [0.5, 0.6) is 0 Å². The molecule has 2 aliphatic rings. The number of aliphatic hydroxyl groups is 1. The van der Waals surface area contributed by atoms with Gasteiger partial charge in [-0.2, -0.15) is 0 Å². The highest BCUT2D eigenvalue weighted by molar-refractivity contribution is 4.88. The molecular weight excluding hydrogens is 174 g/mol. The van der Waals surface area contributed by atoms with Gasteiger partial charge in [0.15, 0.2) is 0 Å². The SMILES string of the molecule is CC(CO)NC1CCCC(C2CC2)C1. The maximum atomic E-state index is 8.99. The first-order chi connectivity index (χ1) is 6.79. The molecule has 0 spiro atoms. The third-order valence-corrected chi connectivity index (χ3v) is 3.80. The monoisotopic (exact) mass is 197 g/mol. The van der Waals surface area contributed by atoms with Crippen molar-refractivity contribution in [3.05, 3.63) is 0 Å². The van der Waals surface area contributed by atoms with E-state index in [9.17, 15) is 0 Å². The standard InChI is InChI=1S/C12H23NO/c1-9(8-14)13-12-4-2-3-11(7-12)10-5-6-10/h9-14H,2-8H2,1H3. The van der Waals surface area contributed by atoms with Crippen LogP contribution in [0.3, 0.4) is 0 Å². The Morgan fingerprint density at radius 2 is 2.00 bits per heavy atom. The topological polar surface area (TPSA) is 32.3 Å². The van der Waals surface area contributed by atoms with Gasteiger partial charge in [0.2, 0.25) is 0 Å². The molecule has 0 saturated heterocycles. The molecule has 2 heteroatoms. The smallest absolute Gasteiger partial charge is 0.0582 e. The Hall–Kier alpha value is -0.0800. The molecule has 2 N–H and O–H groups in total. The molecule has 14 heavy (non-hydrogen) atoms. The number of hydrogen-bond acceptors (Lipinski definition) is 2. The van der Waals surface area contributed by atoms with E-state index in [1.165, 1.54) is 38.5 Å². The van der Waals surface area contributed by atoms with Crippen LogP contribution in [0.4, 0.5) is 0 Å². The molecule has 2 aliphatic carbocycles. The minimum atomic E-state index is 0.268. The summed E-state index contributed by atoms with van der Waals surface area (Å²) in [5.74, 6) is 2.05. The van der Waals surface area contributed by atoms with Crippen LogP contribution in [0, 0.1) is 11.8 Å². The van der Waals surface area contributed by atoms with Crippen LogP contribution in [0.15, 0.2) is 0 Å². The molecule has 0 aromatic rings. The second-order valence-corrected chi connectivity index (χ2v) is 5.21. The Balaban J connectivity index is 1.75. The second kappa shape index (κ2) is 4.63. The summed E-state index contributed by atoms with van der Waals surface area (Å²) in [6.45, 7) is 2.34. The maximum Gasteiger partial charge on any atom is 0.0582 e. The molecule has 0 aromatic carbocycles.